The van der Waals surface area contributed by atoms with Crippen molar-refractivity contribution in [3.8, 4) is 23.0 Å². The molecule has 0 atom stereocenters. The van der Waals surface area contributed by atoms with Gasteiger partial charge in [0.2, 0.25) is 0 Å². The van der Waals surface area contributed by atoms with Gasteiger partial charge in [0, 0.05) is 5.41 Å². The van der Waals surface area contributed by atoms with Crippen molar-refractivity contribution >= 4 is 11.1 Å². The molecule has 1 spiro atoms. The molecule has 6 rings (SSSR count). The zero-order chi connectivity index (χ0) is 27.0. The number of hydrogen-bond acceptors (Lipinski definition) is 4. The highest BCUT2D eigenvalue weighted by atomic mass is 16.5. The second kappa shape index (κ2) is 10.0. The summed E-state index contributed by atoms with van der Waals surface area (Å²) in [6.45, 7) is 0. The van der Waals surface area contributed by atoms with E-state index in [1.165, 1.54) is 33.4 Å². The van der Waals surface area contributed by atoms with Gasteiger partial charge in [-0.15, -0.1) is 0 Å². The minimum atomic E-state index is -0.319. The Hall–Kier alpha value is -4.44. The van der Waals surface area contributed by atoms with Gasteiger partial charge in [-0.2, -0.15) is 0 Å². The number of hydrogen-bond donors (Lipinski definition) is 0. The molecule has 0 aromatic heterocycles. The summed E-state index contributed by atoms with van der Waals surface area (Å²) >= 11 is 0. The lowest BCUT2D eigenvalue weighted by atomic mass is 9.60. The summed E-state index contributed by atoms with van der Waals surface area (Å²) < 4.78 is 23.2. The van der Waals surface area contributed by atoms with Crippen LogP contribution in [0.4, 0.5) is 0 Å². The van der Waals surface area contributed by atoms with Crippen LogP contribution in [0, 0.1) is 0 Å². The molecule has 0 bridgehead atoms. The largest absolute Gasteiger partial charge is 0.493 e. The van der Waals surface area contributed by atoms with Crippen LogP contribution in [0.3, 0.4) is 0 Å². The van der Waals surface area contributed by atoms with Gasteiger partial charge in [0.25, 0.3) is 0 Å². The van der Waals surface area contributed by atoms with Crippen molar-refractivity contribution in [1.29, 1.82) is 0 Å². The fourth-order valence-electron chi connectivity index (χ4n) is 6.22. The molecule has 0 saturated heterocycles. The van der Waals surface area contributed by atoms with E-state index in [4.69, 9.17) is 18.9 Å². The molecule has 0 unspecified atom stereocenters. The molecule has 4 aromatic rings. The lowest BCUT2D eigenvalue weighted by Crippen LogP contribution is -2.33. The second-order valence-corrected chi connectivity index (χ2v) is 9.96. The Bertz CT molecular complexity index is 1460. The van der Waals surface area contributed by atoms with E-state index in [1.54, 1.807) is 28.4 Å². The molecule has 39 heavy (non-hydrogen) atoms. The molecule has 0 radical (unpaired) electrons. The fraction of sp³-hybridized carbons (Fsp3) is 0.200. The number of allylic oxidation sites excluding steroid dienone is 2. The number of methoxy groups -OCH3 is 4. The van der Waals surface area contributed by atoms with Crippen LogP contribution in [0.15, 0.2) is 97.1 Å². The fourth-order valence-corrected chi connectivity index (χ4v) is 6.22. The Morgan fingerprint density at radius 3 is 1.21 bits per heavy atom. The van der Waals surface area contributed by atoms with Gasteiger partial charge in [0.1, 0.15) is 0 Å². The molecule has 2 aliphatic carbocycles. The average molecular weight is 517 g/mol. The summed E-state index contributed by atoms with van der Waals surface area (Å²) in [5, 5.41) is 0. The second-order valence-electron chi connectivity index (χ2n) is 9.96. The van der Waals surface area contributed by atoms with E-state index in [2.05, 4.69) is 97.1 Å². The van der Waals surface area contributed by atoms with E-state index < -0.39 is 0 Å². The molecule has 196 valence electrons. The van der Waals surface area contributed by atoms with E-state index in [9.17, 15) is 0 Å². The zero-order valence-electron chi connectivity index (χ0n) is 22.8. The standard InChI is InChI=1S/C35H32O4/c1-36-31-19-27-25(23-11-7-5-8-12-23)15-17-35(29(27)21-33(31)38-3)18-16-26(24-13-9-6-10-14-24)28-20-32(37-2)34(39-4)22-30(28)35/h5-16,19-22H,17-18H2,1-4H3. The SMILES string of the molecule is COc1cc2c(cc1OC)C1(CC=C2c2ccccc2)CC=C(c2ccccc2)c2cc(OC)c(OC)cc21. The van der Waals surface area contributed by atoms with Crippen LogP contribution in [0.1, 0.15) is 46.2 Å². The minimum Gasteiger partial charge on any atom is -0.493 e. The summed E-state index contributed by atoms with van der Waals surface area (Å²) in [6.07, 6.45) is 6.43. The Labute approximate surface area is 230 Å². The Balaban J connectivity index is 1.65. The van der Waals surface area contributed by atoms with E-state index in [0.717, 1.165) is 47.0 Å². The predicted octanol–water partition coefficient (Wildman–Crippen LogP) is 7.68. The number of ether oxygens (including phenoxy) is 4. The first-order valence-corrected chi connectivity index (χ1v) is 13.2. The summed E-state index contributed by atoms with van der Waals surface area (Å²) in [4.78, 5) is 0. The summed E-state index contributed by atoms with van der Waals surface area (Å²) in [5.41, 5.74) is 9.21. The van der Waals surface area contributed by atoms with Gasteiger partial charge in [-0.05, 0) is 81.6 Å². The zero-order valence-corrected chi connectivity index (χ0v) is 22.8. The molecule has 4 aromatic carbocycles. The van der Waals surface area contributed by atoms with Gasteiger partial charge in [-0.3, -0.25) is 0 Å². The van der Waals surface area contributed by atoms with Crippen LogP contribution in [0.2, 0.25) is 0 Å². The molecule has 0 amide bonds. The van der Waals surface area contributed by atoms with Crippen molar-refractivity contribution in [3.05, 3.63) is 130 Å². The molecule has 4 heteroatoms. The third-order valence-electron chi connectivity index (χ3n) is 8.14. The van der Waals surface area contributed by atoms with E-state index >= 15 is 0 Å². The van der Waals surface area contributed by atoms with Gasteiger partial charge in [0.15, 0.2) is 23.0 Å². The van der Waals surface area contributed by atoms with Crippen molar-refractivity contribution in [2.45, 2.75) is 18.3 Å². The number of benzene rings is 4. The van der Waals surface area contributed by atoms with Gasteiger partial charge < -0.3 is 18.9 Å². The smallest absolute Gasteiger partial charge is 0.161 e. The first-order valence-electron chi connectivity index (χ1n) is 13.2. The maximum atomic E-state index is 5.83. The molecular formula is C35H32O4. The maximum Gasteiger partial charge on any atom is 0.161 e. The molecule has 0 fully saturated rings. The average Bonchev–Trinajstić information content (AvgIpc) is 3.01. The minimum absolute atomic E-state index is 0.319. The lowest BCUT2D eigenvalue weighted by Gasteiger charge is -2.43. The lowest BCUT2D eigenvalue weighted by molar-refractivity contribution is 0.350. The highest BCUT2D eigenvalue weighted by Gasteiger charge is 2.43. The van der Waals surface area contributed by atoms with Crippen molar-refractivity contribution in [2.75, 3.05) is 28.4 Å². The molecule has 0 saturated carbocycles. The van der Waals surface area contributed by atoms with Crippen LogP contribution in [-0.4, -0.2) is 28.4 Å². The summed E-state index contributed by atoms with van der Waals surface area (Å²) in [5.74, 6) is 2.90. The summed E-state index contributed by atoms with van der Waals surface area (Å²) in [7, 11) is 6.78. The van der Waals surface area contributed by atoms with Gasteiger partial charge in [-0.25, -0.2) is 0 Å². The first-order chi connectivity index (χ1) is 19.1. The molecule has 0 aliphatic heterocycles. The Morgan fingerprint density at radius 1 is 0.487 bits per heavy atom. The summed E-state index contributed by atoms with van der Waals surface area (Å²) in [6, 6.07) is 29.7. The molecule has 2 aliphatic rings. The molecule has 4 nitrogen and oxygen atoms in total. The molecule has 0 heterocycles. The Morgan fingerprint density at radius 2 is 0.846 bits per heavy atom. The maximum absolute atomic E-state index is 5.83. The van der Waals surface area contributed by atoms with Crippen LogP contribution in [-0.2, 0) is 5.41 Å². The third-order valence-corrected chi connectivity index (χ3v) is 8.14. The number of rotatable bonds is 6. The van der Waals surface area contributed by atoms with Crippen LogP contribution in [0.5, 0.6) is 23.0 Å². The van der Waals surface area contributed by atoms with Gasteiger partial charge >= 0.3 is 0 Å². The van der Waals surface area contributed by atoms with E-state index in [1.807, 2.05) is 0 Å². The van der Waals surface area contributed by atoms with E-state index in [-0.39, 0.29) is 5.41 Å². The van der Waals surface area contributed by atoms with Crippen molar-refractivity contribution in [1.82, 2.24) is 0 Å². The van der Waals surface area contributed by atoms with Crippen LogP contribution in [0.25, 0.3) is 11.1 Å². The van der Waals surface area contributed by atoms with Gasteiger partial charge in [0.05, 0.1) is 28.4 Å². The molecular weight excluding hydrogens is 484 g/mol. The third kappa shape index (κ3) is 3.99. The first kappa shape index (κ1) is 24.9. The topological polar surface area (TPSA) is 36.9 Å². The van der Waals surface area contributed by atoms with Crippen molar-refractivity contribution in [2.24, 2.45) is 0 Å². The van der Waals surface area contributed by atoms with E-state index in [0.29, 0.717) is 0 Å². The Kier molecular flexibility index (Phi) is 6.40. The quantitative estimate of drug-likeness (QED) is 0.263. The molecule has 0 N–H and O–H groups in total. The van der Waals surface area contributed by atoms with Gasteiger partial charge in [-0.1, -0.05) is 72.8 Å². The highest BCUT2D eigenvalue weighted by Crippen LogP contribution is 2.56. The highest BCUT2D eigenvalue weighted by molar-refractivity contribution is 5.90. The van der Waals surface area contributed by atoms with Crippen molar-refractivity contribution < 1.29 is 18.9 Å². The van der Waals surface area contributed by atoms with Crippen LogP contribution >= 0.6 is 0 Å². The van der Waals surface area contributed by atoms with Crippen LogP contribution < -0.4 is 18.9 Å². The normalized spacial score (nSPS) is 15.0. The van der Waals surface area contributed by atoms with Crippen molar-refractivity contribution in [3.63, 3.8) is 0 Å². The predicted molar refractivity (Wildman–Crippen MR) is 156 cm³/mol. The number of fused-ring (bicyclic) bond motifs is 4. The monoisotopic (exact) mass is 516 g/mol.